The maximum atomic E-state index is 12.6. The van der Waals surface area contributed by atoms with Gasteiger partial charge in [0.1, 0.15) is 10.5 Å². The van der Waals surface area contributed by atoms with Gasteiger partial charge in [0, 0.05) is 0 Å². The Hall–Kier alpha value is -1.92. The van der Waals surface area contributed by atoms with E-state index in [1.165, 1.54) is 4.90 Å². The molecular formula is C16H17ClN2O3S. The molecule has 7 heteroatoms. The Morgan fingerprint density at radius 3 is 2.39 bits per heavy atom. The summed E-state index contributed by atoms with van der Waals surface area (Å²) in [5, 5.41) is 0.357. The van der Waals surface area contributed by atoms with Gasteiger partial charge < -0.3 is 4.74 Å². The molecule has 0 saturated carbocycles. The Kier molecular flexibility index (Phi) is 5.06. The molecule has 0 aliphatic rings. The van der Waals surface area contributed by atoms with Gasteiger partial charge in [0.15, 0.2) is 11.4 Å². The van der Waals surface area contributed by atoms with Crippen molar-refractivity contribution in [3.63, 3.8) is 0 Å². The molecule has 1 heterocycles. The number of rotatable bonds is 3. The predicted molar refractivity (Wildman–Crippen MR) is 92.1 cm³/mol. The van der Waals surface area contributed by atoms with Crippen LogP contribution < -0.4 is 4.90 Å². The van der Waals surface area contributed by atoms with Crippen molar-refractivity contribution in [3.8, 4) is 0 Å². The lowest BCUT2D eigenvalue weighted by Gasteiger charge is -2.25. The number of amides is 1. The fourth-order valence-electron chi connectivity index (χ4n) is 1.77. The van der Waals surface area contributed by atoms with Crippen LogP contribution in [0.3, 0.4) is 0 Å². The molecule has 0 radical (unpaired) electrons. The number of carbonyl (C=O) groups excluding carboxylic acids is 2. The Morgan fingerprint density at radius 1 is 1.30 bits per heavy atom. The summed E-state index contributed by atoms with van der Waals surface area (Å²) in [5.74, 6) is 0. The molecule has 0 saturated heterocycles. The van der Waals surface area contributed by atoms with Crippen LogP contribution in [0.2, 0.25) is 5.15 Å². The van der Waals surface area contributed by atoms with E-state index in [2.05, 4.69) is 4.98 Å². The molecule has 5 nitrogen and oxygen atoms in total. The summed E-state index contributed by atoms with van der Waals surface area (Å²) < 4.78 is 5.44. The van der Waals surface area contributed by atoms with Crippen molar-refractivity contribution in [2.24, 2.45) is 0 Å². The lowest BCUT2D eigenvalue weighted by atomic mass is 10.2. The maximum Gasteiger partial charge on any atom is 0.421 e. The highest BCUT2D eigenvalue weighted by Crippen LogP contribution is 2.34. The van der Waals surface area contributed by atoms with E-state index in [0.29, 0.717) is 12.0 Å². The second kappa shape index (κ2) is 6.68. The fourth-order valence-corrected chi connectivity index (χ4v) is 2.84. The van der Waals surface area contributed by atoms with E-state index >= 15 is 0 Å². The third-order valence-electron chi connectivity index (χ3n) is 2.76. The number of halogens is 1. The van der Waals surface area contributed by atoms with Crippen LogP contribution in [-0.2, 0) is 4.74 Å². The van der Waals surface area contributed by atoms with Gasteiger partial charge in [-0.05, 0) is 39.8 Å². The number of carbonyl (C=O) groups is 2. The van der Waals surface area contributed by atoms with E-state index in [-0.39, 0.29) is 15.2 Å². The minimum atomic E-state index is -0.658. The molecule has 2 rings (SSSR count). The number of aldehydes is 1. The first-order valence-corrected chi connectivity index (χ1v) is 8.12. The van der Waals surface area contributed by atoms with Crippen LogP contribution in [0.15, 0.2) is 24.3 Å². The minimum absolute atomic E-state index is 0.0701. The number of ether oxygens (including phenoxy) is 1. The SMILES string of the molecule is Cc1ccc(N(C(=O)OC(C)(C)C)c2nc(Cl)c(C=O)s2)cc1. The monoisotopic (exact) mass is 352 g/mol. The normalized spacial score (nSPS) is 11.2. The molecule has 0 atom stereocenters. The summed E-state index contributed by atoms with van der Waals surface area (Å²) in [6.45, 7) is 7.30. The maximum absolute atomic E-state index is 12.6. The van der Waals surface area contributed by atoms with Crippen molar-refractivity contribution in [1.29, 1.82) is 0 Å². The second-order valence-electron chi connectivity index (χ2n) is 5.92. The Balaban J connectivity index is 2.47. The van der Waals surface area contributed by atoms with Gasteiger partial charge in [0.25, 0.3) is 0 Å². The summed E-state index contributed by atoms with van der Waals surface area (Å²) in [5.41, 5.74) is 0.991. The predicted octanol–water partition coefficient (Wildman–Crippen LogP) is 4.99. The molecule has 122 valence electrons. The van der Waals surface area contributed by atoms with Crippen LogP contribution in [-0.4, -0.2) is 23.0 Å². The van der Waals surface area contributed by atoms with Crippen molar-refractivity contribution < 1.29 is 14.3 Å². The fraction of sp³-hybridized carbons (Fsp3) is 0.312. The van der Waals surface area contributed by atoms with E-state index < -0.39 is 11.7 Å². The Bertz CT molecular complexity index is 720. The largest absolute Gasteiger partial charge is 0.443 e. The molecule has 0 spiro atoms. The van der Waals surface area contributed by atoms with Crippen molar-refractivity contribution >= 4 is 46.1 Å². The van der Waals surface area contributed by atoms with Crippen LogP contribution in [0, 0.1) is 6.92 Å². The van der Waals surface area contributed by atoms with Gasteiger partial charge >= 0.3 is 6.09 Å². The number of aryl methyl sites for hydroxylation is 1. The van der Waals surface area contributed by atoms with E-state index in [0.717, 1.165) is 16.9 Å². The van der Waals surface area contributed by atoms with Crippen LogP contribution in [0.4, 0.5) is 15.6 Å². The third kappa shape index (κ3) is 4.30. The highest BCUT2D eigenvalue weighted by molar-refractivity contribution is 7.18. The van der Waals surface area contributed by atoms with Gasteiger partial charge in [-0.3, -0.25) is 4.79 Å². The highest BCUT2D eigenvalue weighted by Gasteiger charge is 2.28. The first-order chi connectivity index (χ1) is 10.7. The molecule has 0 aliphatic heterocycles. The van der Waals surface area contributed by atoms with Gasteiger partial charge in [0.2, 0.25) is 5.13 Å². The van der Waals surface area contributed by atoms with E-state index in [1.54, 1.807) is 32.9 Å². The van der Waals surface area contributed by atoms with Crippen LogP contribution in [0.5, 0.6) is 0 Å². The molecule has 23 heavy (non-hydrogen) atoms. The van der Waals surface area contributed by atoms with Gasteiger partial charge in [0.05, 0.1) is 5.69 Å². The molecule has 0 aliphatic carbocycles. The molecule has 0 fully saturated rings. The lowest BCUT2D eigenvalue weighted by molar-refractivity contribution is 0.0599. The number of aromatic nitrogens is 1. The second-order valence-corrected chi connectivity index (χ2v) is 7.29. The summed E-state index contributed by atoms with van der Waals surface area (Å²) in [6, 6.07) is 7.33. The number of hydrogen-bond donors (Lipinski definition) is 0. The van der Waals surface area contributed by atoms with E-state index in [1.807, 2.05) is 19.1 Å². The molecule has 1 aromatic heterocycles. The standard InChI is InChI=1S/C16H17ClN2O3S/c1-10-5-7-11(8-6-10)19(15(21)22-16(2,3)4)14-18-13(17)12(9-20)23-14/h5-9H,1-4H3. The van der Waals surface area contributed by atoms with Crippen molar-refractivity contribution in [2.45, 2.75) is 33.3 Å². The number of benzene rings is 1. The van der Waals surface area contributed by atoms with Crippen molar-refractivity contribution in [2.75, 3.05) is 4.90 Å². The highest BCUT2D eigenvalue weighted by atomic mass is 35.5. The molecular weight excluding hydrogens is 336 g/mol. The Labute approximate surface area is 143 Å². The topological polar surface area (TPSA) is 59.5 Å². The third-order valence-corrected chi connectivity index (χ3v) is 4.13. The van der Waals surface area contributed by atoms with Gasteiger partial charge in [-0.2, -0.15) is 0 Å². The van der Waals surface area contributed by atoms with Crippen molar-refractivity contribution in [1.82, 2.24) is 4.98 Å². The summed E-state index contributed by atoms with van der Waals surface area (Å²) in [7, 11) is 0. The minimum Gasteiger partial charge on any atom is -0.443 e. The van der Waals surface area contributed by atoms with E-state index in [4.69, 9.17) is 16.3 Å². The summed E-state index contributed by atoms with van der Waals surface area (Å²) in [6.07, 6.45) is 0.0376. The number of anilines is 2. The van der Waals surface area contributed by atoms with Gasteiger partial charge in [-0.25, -0.2) is 14.7 Å². The van der Waals surface area contributed by atoms with E-state index in [9.17, 15) is 9.59 Å². The average molecular weight is 353 g/mol. The summed E-state index contributed by atoms with van der Waals surface area (Å²) in [4.78, 5) is 29.3. The first kappa shape index (κ1) is 17.4. The van der Waals surface area contributed by atoms with Crippen LogP contribution in [0.25, 0.3) is 0 Å². The van der Waals surface area contributed by atoms with Gasteiger partial charge in [-0.1, -0.05) is 40.6 Å². The summed E-state index contributed by atoms with van der Waals surface area (Å²) >= 11 is 6.96. The number of nitrogens with zero attached hydrogens (tertiary/aromatic N) is 2. The quantitative estimate of drug-likeness (QED) is 0.730. The lowest BCUT2D eigenvalue weighted by Crippen LogP contribution is -2.33. The zero-order chi connectivity index (χ0) is 17.2. The smallest absolute Gasteiger partial charge is 0.421 e. The van der Waals surface area contributed by atoms with Crippen molar-refractivity contribution in [3.05, 3.63) is 39.9 Å². The molecule has 1 aromatic carbocycles. The Morgan fingerprint density at radius 2 is 1.91 bits per heavy atom. The first-order valence-electron chi connectivity index (χ1n) is 6.92. The average Bonchev–Trinajstić information content (AvgIpc) is 2.80. The van der Waals surface area contributed by atoms with Crippen LogP contribution >= 0.6 is 22.9 Å². The molecule has 2 aromatic rings. The molecule has 0 bridgehead atoms. The number of hydrogen-bond acceptors (Lipinski definition) is 5. The van der Waals surface area contributed by atoms with Crippen LogP contribution in [0.1, 0.15) is 36.0 Å². The zero-order valence-corrected chi connectivity index (χ0v) is 14.9. The molecule has 0 unspecified atom stereocenters. The molecule has 0 N–H and O–H groups in total. The molecule has 1 amide bonds. The van der Waals surface area contributed by atoms with Gasteiger partial charge in [-0.15, -0.1) is 0 Å². The number of thiazole rings is 1. The zero-order valence-electron chi connectivity index (χ0n) is 13.3.